The second-order valence-corrected chi connectivity index (χ2v) is 9.72. The molecule has 2 saturated heterocycles. The highest BCUT2D eigenvalue weighted by Crippen LogP contribution is 2.31. The van der Waals surface area contributed by atoms with Gasteiger partial charge >= 0.3 is 0 Å². The van der Waals surface area contributed by atoms with Crippen LogP contribution in [-0.2, 0) is 24.3 Å². The minimum absolute atomic E-state index is 0.00151. The highest BCUT2D eigenvalue weighted by molar-refractivity contribution is 7.89. The summed E-state index contributed by atoms with van der Waals surface area (Å²) in [5, 5.41) is 8.99. The van der Waals surface area contributed by atoms with Crippen LogP contribution in [-0.4, -0.2) is 56.9 Å². The van der Waals surface area contributed by atoms with Crippen molar-refractivity contribution in [1.29, 1.82) is 5.26 Å². The molecule has 0 radical (unpaired) electrons. The first kappa shape index (κ1) is 22.9. The van der Waals surface area contributed by atoms with Gasteiger partial charge in [-0.05, 0) is 61.4 Å². The third-order valence-electron chi connectivity index (χ3n) is 5.80. The van der Waals surface area contributed by atoms with E-state index in [0.717, 1.165) is 15.6 Å². The maximum atomic E-state index is 13.6. The summed E-state index contributed by atoms with van der Waals surface area (Å²) >= 11 is 0. The number of benzene rings is 2. The molecular formula is C23H23N3O6S. The first-order valence-electron chi connectivity index (χ1n) is 10.5. The first-order valence-corrected chi connectivity index (χ1v) is 11.9. The molecule has 4 rings (SSSR count). The van der Waals surface area contributed by atoms with Gasteiger partial charge in [0.2, 0.25) is 15.9 Å². The molecule has 0 aromatic heterocycles. The molecule has 2 amide bonds. The number of nitrogens with zero attached hydrogens (tertiary/aromatic N) is 3. The molecular weight excluding hydrogens is 446 g/mol. The van der Waals surface area contributed by atoms with Crippen LogP contribution in [0.2, 0.25) is 0 Å². The van der Waals surface area contributed by atoms with E-state index in [4.69, 9.17) is 14.7 Å². The number of amides is 2. The molecule has 33 heavy (non-hydrogen) atoms. The molecule has 2 aromatic rings. The smallest absolute Gasteiger partial charge is 0.252 e. The molecule has 2 heterocycles. The van der Waals surface area contributed by atoms with Crippen molar-refractivity contribution in [2.75, 3.05) is 25.2 Å². The topological polar surface area (TPSA) is 117 Å². The minimum atomic E-state index is -4.11. The van der Waals surface area contributed by atoms with Crippen molar-refractivity contribution in [1.82, 2.24) is 4.31 Å². The number of rotatable bonds is 7. The van der Waals surface area contributed by atoms with Crippen molar-refractivity contribution >= 4 is 27.5 Å². The third kappa shape index (κ3) is 4.48. The molecule has 2 fully saturated rings. The summed E-state index contributed by atoms with van der Waals surface area (Å²) < 4.78 is 39.0. The zero-order valence-corrected chi connectivity index (χ0v) is 18.8. The van der Waals surface area contributed by atoms with Crippen LogP contribution in [0.15, 0.2) is 53.4 Å². The number of hydrogen-bond donors (Lipinski definition) is 0. The van der Waals surface area contributed by atoms with E-state index in [1.54, 1.807) is 0 Å². The van der Waals surface area contributed by atoms with Crippen LogP contribution < -0.4 is 9.64 Å². The Morgan fingerprint density at radius 1 is 1.15 bits per heavy atom. The van der Waals surface area contributed by atoms with Gasteiger partial charge in [0, 0.05) is 13.2 Å². The molecule has 0 saturated carbocycles. The van der Waals surface area contributed by atoms with Crippen LogP contribution >= 0.6 is 0 Å². The van der Waals surface area contributed by atoms with Crippen LogP contribution in [0.25, 0.3) is 0 Å². The summed E-state index contributed by atoms with van der Waals surface area (Å²) in [4.78, 5) is 27.1. The average molecular weight is 470 g/mol. The van der Waals surface area contributed by atoms with E-state index in [9.17, 15) is 18.0 Å². The number of anilines is 1. The molecule has 172 valence electrons. The second-order valence-electron chi connectivity index (χ2n) is 7.83. The molecule has 2 aromatic carbocycles. The van der Waals surface area contributed by atoms with E-state index < -0.39 is 27.9 Å². The average Bonchev–Trinajstić information content (AvgIpc) is 3.45. The highest BCUT2D eigenvalue weighted by atomic mass is 32.2. The van der Waals surface area contributed by atoms with Crippen molar-refractivity contribution in [3.8, 4) is 11.8 Å². The molecule has 10 heteroatoms. The van der Waals surface area contributed by atoms with Crippen LogP contribution in [0, 0.1) is 11.3 Å². The van der Waals surface area contributed by atoms with Gasteiger partial charge in [0.1, 0.15) is 11.8 Å². The number of nitriles is 1. The molecule has 0 spiro atoms. The Balaban J connectivity index is 1.68. The lowest BCUT2D eigenvalue weighted by molar-refractivity contribution is -0.122. The van der Waals surface area contributed by atoms with E-state index in [2.05, 4.69) is 0 Å². The zero-order chi connectivity index (χ0) is 23.6. The molecule has 2 atom stereocenters. The fourth-order valence-electron chi connectivity index (χ4n) is 4.06. The summed E-state index contributed by atoms with van der Waals surface area (Å²) in [5.41, 5.74) is 0.682. The standard InChI is InChI=1S/C23H23N3O6S/c1-31-18-8-10-20(11-9-18)33(29,30)25(15-19-3-2-12-32-19)21-13-22(27)26(23(21)28)17-6-4-16(14-24)5-7-17/h4-11,19,21H,2-3,12-13,15H2,1H3. The minimum Gasteiger partial charge on any atom is -0.497 e. The highest BCUT2D eigenvalue weighted by Gasteiger charge is 2.47. The Morgan fingerprint density at radius 3 is 2.42 bits per heavy atom. The molecule has 2 aliphatic heterocycles. The summed E-state index contributed by atoms with van der Waals surface area (Å²) in [6.07, 6.45) is 0.838. The van der Waals surface area contributed by atoms with Crippen LogP contribution in [0.3, 0.4) is 0 Å². The van der Waals surface area contributed by atoms with Crippen molar-refractivity contribution in [2.45, 2.75) is 36.3 Å². The van der Waals surface area contributed by atoms with Gasteiger partial charge in [0.15, 0.2) is 0 Å². The summed E-state index contributed by atoms with van der Waals surface area (Å²) in [7, 11) is -2.63. The van der Waals surface area contributed by atoms with Gasteiger partial charge in [0.25, 0.3) is 5.91 Å². The Bertz CT molecular complexity index is 1180. The van der Waals surface area contributed by atoms with Crippen molar-refractivity contribution in [3.63, 3.8) is 0 Å². The number of carbonyl (C=O) groups is 2. The molecule has 0 N–H and O–H groups in total. The maximum Gasteiger partial charge on any atom is 0.252 e. The van der Waals surface area contributed by atoms with E-state index >= 15 is 0 Å². The van der Waals surface area contributed by atoms with Gasteiger partial charge in [0.05, 0.1) is 41.9 Å². The number of ether oxygens (including phenoxy) is 2. The van der Waals surface area contributed by atoms with Crippen LogP contribution in [0.1, 0.15) is 24.8 Å². The zero-order valence-electron chi connectivity index (χ0n) is 18.0. The summed E-state index contributed by atoms with van der Waals surface area (Å²) in [6, 6.07) is 12.7. The number of hydrogen-bond acceptors (Lipinski definition) is 7. The van der Waals surface area contributed by atoms with E-state index in [-0.39, 0.29) is 24.0 Å². The lowest BCUT2D eigenvalue weighted by atomic mass is 10.2. The number of carbonyl (C=O) groups excluding carboxylic acids is 2. The first-order chi connectivity index (χ1) is 15.8. The van der Waals surface area contributed by atoms with E-state index in [1.165, 1.54) is 55.6 Å². The quantitative estimate of drug-likeness (QED) is 0.570. The van der Waals surface area contributed by atoms with Gasteiger partial charge in [-0.2, -0.15) is 9.57 Å². The van der Waals surface area contributed by atoms with E-state index in [1.807, 2.05) is 6.07 Å². The van der Waals surface area contributed by atoms with Crippen molar-refractivity contribution < 1.29 is 27.5 Å². The molecule has 0 bridgehead atoms. The van der Waals surface area contributed by atoms with Gasteiger partial charge in [-0.15, -0.1) is 0 Å². The molecule has 2 unspecified atom stereocenters. The van der Waals surface area contributed by atoms with Crippen LogP contribution in [0.4, 0.5) is 5.69 Å². The van der Waals surface area contributed by atoms with Crippen molar-refractivity contribution in [2.24, 2.45) is 0 Å². The Kier molecular flexibility index (Phi) is 6.47. The van der Waals surface area contributed by atoms with E-state index in [0.29, 0.717) is 30.0 Å². The normalized spacial score (nSPS) is 20.9. The number of methoxy groups -OCH3 is 1. The van der Waals surface area contributed by atoms with Gasteiger partial charge in [-0.3, -0.25) is 9.59 Å². The third-order valence-corrected chi connectivity index (χ3v) is 7.69. The Labute approximate surface area is 192 Å². The Morgan fingerprint density at radius 2 is 1.85 bits per heavy atom. The molecule has 0 aliphatic carbocycles. The summed E-state index contributed by atoms with van der Waals surface area (Å²) in [5.74, 6) is -0.629. The lowest BCUT2D eigenvalue weighted by Gasteiger charge is -2.29. The fraction of sp³-hybridized carbons (Fsp3) is 0.348. The molecule has 9 nitrogen and oxygen atoms in total. The second kappa shape index (κ2) is 9.31. The molecule has 2 aliphatic rings. The van der Waals surface area contributed by atoms with Gasteiger partial charge in [-0.1, -0.05) is 0 Å². The number of sulfonamides is 1. The SMILES string of the molecule is COc1ccc(S(=O)(=O)N(CC2CCCO2)C2CC(=O)N(c3ccc(C#N)cc3)C2=O)cc1. The van der Waals surface area contributed by atoms with Crippen molar-refractivity contribution in [3.05, 3.63) is 54.1 Å². The lowest BCUT2D eigenvalue weighted by Crippen LogP contribution is -2.48. The van der Waals surface area contributed by atoms with Crippen LogP contribution in [0.5, 0.6) is 5.75 Å². The number of imide groups is 1. The maximum absolute atomic E-state index is 13.6. The predicted molar refractivity (Wildman–Crippen MR) is 118 cm³/mol. The monoisotopic (exact) mass is 469 g/mol. The van der Waals surface area contributed by atoms with Gasteiger partial charge in [-0.25, -0.2) is 13.3 Å². The predicted octanol–water partition coefficient (Wildman–Crippen LogP) is 2.07. The van der Waals surface area contributed by atoms with Gasteiger partial charge < -0.3 is 9.47 Å². The largest absolute Gasteiger partial charge is 0.497 e. The fourth-order valence-corrected chi connectivity index (χ4v) is 5.68. The Hall–Kier alpha value is -3.26. The summed E-state index contributed by atoms with van der Waals surface area (Å²) in [6.45, 7) is 0.495.